The van der Waals surface area contributed by atoms with Crippen molar-refractivity contribution in [2.24, 2.45) is 0 Å². The average molecular weight is 300 g/mol. The zero-order chi connectivity index (χ0) is 13.7. The number of carbonyl (C=O) groups is 1. The Kier molecular flexibility index (Phi) is 6.61. The van der Waals surface area contributed by atoms with Crippen LogP contribution in [0.3, 0.4) is 0 Å². The zero-order valence-electron chi connectivity index (χ0n) is 11.9. The first-order chi connectivity index (χ1) is 9.24. The Balaban J connectivity index is 0.00000200. The van der Waals surface area contributed by atoms with E-state index in [1.54, 1.807) is 14.2 Å². The molecule has 0 radical (unpaired) electrons. The van der Waals surface area contributed by atoms with E-state index in [9.17, 15) is 4.79 Å². The lowest BCUT2D eigenvalue weighted by Crippen LogP contribution is -2.41. The van der Waals surface area contributed by atoms with E-state index in [1.807, 2.05) is 18.2 Å². The Bertz CT molecular complexity index is 442. The first-order valence-corrected chi connectivity index (χ1v) is 6.56. The van der Waals surface area contributed by atoms with E-state index >= 15 is 0 Å². The highest BCUT2D eigenvalue weighted by molar-refractivity contribution is 5.85. The van der Waals surface area contributed by atoms with Crippen LogP contribution in [0.4, 0.5) is 5.69 Å². The van der Waals surface area contributed by atoms with Gasteiger partial charge in [0.25, 0.3) is 0 Å². The summed E-state index contributed by atoms with van der Waals surface area (Å²) < 4.78 is 5.37. The molecule has 1 aromatic carbocycles. The molecule has 5 nitrogen and oxygen atoms in total. The van der Waals surface area contributed by atoms with Crippen LogP contribution in [0.25, 0.3) is 0 Å². The third-order valence-corrected chi connectivity index (χ3v) is 3.32. The van der Waals surface area contributed by atoms with Gasteiger partial charge in [0.2, 0.25) is 5.91 Å². The highest BCUT2D eigenvalue weighted by Crippen LogP contribution is 2.30. The summed E-state index contributed by atoms with van der Waals surface area (Å²) in [6, 6.07) is 8.19. The minimum absolute atomic E-state index is 0. The maximum Gasteiger partial charge on any atom is 0.234 e. The summed E-state index contributed by atoms with van der Waals surface area (Å²) in [5, 5.41) is 5.89. The summed E-state index contributed by atoms with van der Waals surface area (Å²) in [4.78, 5) is 13.8. The normalized spacial score (nSPS) is 17.5. The maximum absolute atomic E-state index is 11.5. The Morgan fingerprint density at radius 1 is 1.45 bits per heavy atom. The lowest BCUT2D eigenvalue weighted by molar-refractivity contribution is -0.120. The lowest BCUT2D eigenvalue weighted by Gasteiger charge is -2.21. The van der Waals surface area contributed by atoms with Crippen LogP contribution in [0.5, 0.6) is 5.75 Å². The number of halogens is 1. The maximum atomic E-state index is 11.5. The average Bonchev–Trinajstić information content (AvgIpc) is 2.87. The molecule has 0 saturated carbocycles. The van der Waals surface area contributed by atoms with Crippen LogP contribution in [0, 0.1) is 0 Å². The van der Waals surface area contributed by atoms with Gasteiger partial charge in [0, 0.05) is 19.1 Å². The van der Waals surface area contributed by atoms with E-state index in [-0.39, 0.29) is 24.4 Å². The van der Waals surface area contributed by atoms with Crippen molar-refractivity contribution in [3.63, 3.8) is 0 Å². The SMILES string of the molecule is CNCC(=O)NC1CCN(c2ccccc2OC)C1.Cl. The van der Waals surface area contributed by atoms with E-state index in [0.717, 1.165) is 30.9 Å². The summed E-state index contributed by atoms with van der Waals surface area (Å²) >= 11 is 0. The first kappa shape index (κ1) is 16.6. The van der Waals surface area contributed by atoms with Crippen molar-refractivity contribution >= 4 is 24.0 Å². The molecular formula is C14H22ClN3O2. The predicted octanol–water partition coefficient (Wildman–Crippen LogP) is 1.03. The molecule has 0 aromatic heterocycles. The molecule has 112 valence electrons. The van der Waals surface area contributed by atoms with Crippen LogP contribution in [0.2, 0.25) is 0 Å². The number of para-hydroxylation sites is 2. The molecule has 1 fully saturated rings. The van der Waals surface area contributed by atoms with E-state index in [1.165, 1.54) is 0 Å². The third-order valence-electron chi connectivity index (χ3n) is 3.32. The number of rotatable bonds is 5. The van der Waals surface area contributed by atoms with Crippen molar-refractivity contribution < 1.29 is 9.53 Å². The molecule has 0 bridgehead atoms. The molecule has 2 rings (SSSR count). The second-order valence-corrected chi connectivity index (χ2v) is 4.70. The highest BCUT2D eigenvalue weighted by atomic mass is 35.5. The van der Waals surface area contributed by atoms with Gasteiger partial charge in [-0.1, -0.05) is 12.1 Å². The fourth-order valence-electron chi connectivity index (χ4n) is 2.43. The topological polar surface area (TPSA) is 53.6 Å². The molecule has 1 atom stereocenters. The number of nitrogens with zero attached hydrogens (tertiary/aromatic N) is 1. The van der Waals surface area contributed by atoms with Gasteiger partial charge in [-0.3, -0.25) is 4.79 Å². The van der Waals surface area contributed by atoms with E-state index in [0.29, 0.717) is 6.54 Å². The minimum atomic E-state index is 0. The Morgan fingerprint density at radius 2 is 2.20 bits per heavy atom. The summed E-state index contributed by atoms with van der Waals surface area (Å²) in [6.07, 6.45) is 0.966. The molecule has 1 amide bonds. The Hall–Kier alpha value is -1.46. The molecule has 1 saturated heterocycles. The molecule has 1 aromatic rings. The largest absolute Gasteiger partial charge is 0.495 e. The van der Waals surface area contributed by atoms with Crippen LogP contribution in [0.1, 0.15) is 6.42 Å². The van der Waals surface area contributed by atoms with Crippen LogP contribution in [-0.4, -0.2) is 45.7 Å². The summed E-state index contributed by atoms with van der Waals surface area (Å²) in [7, 11) is 3.45. The molecule has 1 aliphatic heterocycles. The van der Waals surface area contributed by atoms with Crippen LogP contribution in [0.15, 0.2) is 24.3 Å². The molecular weight excluding hydrogens is 278 g/mol. The number of benzene rings is 1. The summed E-state index contributed by atoms with van der Waals surface area (Å²) in [5.41, 5.74) is 1.09. The van der Waals surface area contributed by atoms with Crippen LogP contribution < -0.4 is 20.3 Å². The fraction of sp³-hybridized carbons (Fsp3) is 0.500. The molecule has 1 unspecified atom stereocenters. The molecule has 1 aliphatic rings. The number of carbonyl (C=O) groups excluding carboxylic acids is 1. The van der Waals surface area contributed by atoms with Crippen molar-refractivity contribution in [1.82, 2.24) is 10.6 Å². The van der Waals surface area contributed by atoms with Gasteiger partial charge in [-0.05, 0) is 25.6 Å². The third kappa shape index (κ3) is 4.02. The van der Waals surface area contributed by atoms with Crippen molar-refractivity contribution in [3.05, 3.63) is 24.3 Å². The molecule has 2 N–H and O–H groups in total. The number of likely N-dealkylation sites (N-methyl/N-ethyl adjacent to an activating group) is 1. The van der Waals surface area contributed by atoms with Gasteiger partial charge in [-0.2, -0.15) is 0 Å². The predicted molar refractivity (Wildman–Crippen MR) is 82.9 cm³/mol. The number of methoxy groups -OCH3 is 1. The number of amides is 1. The van der Waals surface area contributed by atoms with Crippen molar-refractivity contribution in [3.8, 4) is 5.75 Å². The standard InChI is InChI=1S/C14H21N3O2.ClH/c1-15-9-14(18)16-11-7-8-17(10-11)12-5-3-4-6-13(12)19-2;/h3-6,11,15H,7-10H2,1-2H3,(H,16,18);1H. The van der Waals surface area contributed by atoms with Gasteiger partial charge in [0.15, 0.2) is 0 Å². The molecule has 0 spiro atoms. The van der Waals surface area contributed by atoms with Crippen molar-refractivity contribution in [2.75, 3.05) is 38.7 Å². The van der Waals surface area contributed by atoms with Gasteiger partial charge >= 0.3 is 0 Å². The Labute approximate surface area is 126 Å². The summed E-state index contributed by atoms with van der Waals surface area (Å²) in [5.74, 6) is 0.930. The molecule has 6 heteroatoms. The molecule has 1 heterocycles. The van der Waals surface area contributed by atoms with Crippen molar-refractivity contribution in [2.45, 2.75) is 12.5 Å². The Morgan fingerprint density at radius 3 is 2.90 bits per heavy atom. The number of anilines is 1. The number of hydrogen-bond donors (Lipinski definition) is 2. The molecule has 0 aliphatic carbocycles. The second kappa shape index (κ2) is 7.97. The van der Waals surface area contributed by atoms with E-state index in [2.05, 4.69) is 21.6 Å². The number of hydrogen-bond acceptors (Lipinski definition) is 4. The van der Waals surface area contributed by atoms with Gasteiger partial charge in [-0.15, -0.1) is 12.4 Å². The highest BCUT2D eigenvalue weighted by Gasteiger charge is 2.25. The van der Waals surface area contributed by atoms with E-state index < -0.39 is 0 Å². The first-order valence-electron chi connectivity index (χ1n) is 6.56. The van der Waals surface area contributed by atoms with Crippen LogP contribution >= 0.6 is 12.4 Å². The van der Waals surface area contributed by atoms with E-state index in [4.69, 9.17) is 4.74 Å². The monoisotopic (exact) mass is 299 g/mol. The molecule has 20 heavy (non-hydrogen) atoms. The zero-order valence-corrected chi connectivity index (χ0v) is 12.7. The minimum Gasteiger partial charge on any atom is -0.495 e. The van der Waals surface area contributed by atoms with Gasteiger partial charge in [0.05, 0.1) is 19.3 Å². The smallest absolute Gasteiger partial charge is 0.234 e. The summed E-state index contributed by atoms with van der Waals surface area (Å²) in [6.45, 7) is 2.13. The number of nitrogens with one attached hydrogen (secondary N) is 2. The quantitative estimate of drug-likeness (QED) is 0.853. The fourth-order valence-corrected chi connectivity index (χ4v) is 2.43. The van der Waals surface area contributed by atoms with Gasteiger partial charge in [0.1, 0.15) is 5.75 Å². The lowest BCUT2D eigenvalue weighted by atomic mass is 10.2. The van der Waals surface area contributed by atoms with Crippen molar-refractivity contribution in [1.29, 1.82) is 0 Å². The van der Waals surface area contributed by atoms with Crippen LogP contribution in [-0.2, 0) is 4.79 Å². The number of ether oxygens (including phenoxy) is 1. The van der Waals surface area contributed by atoms with Gasteiger partial charge in [-0.25, -0.2) is 0 Å². The van der Waals surface area contributed by atoms with Gasteiger partial charge < -0.3 is 20.3 Å². The second-order valence-electron chi connectivity index (χ2n) is 4.70.